The third-order valence-corrected chi connectivity index (χ3v) is 2.54. The Kier molecular flexibility index (Phi) is 5.89. The van der Waals surface area contributed by atoms with Crippen LogP contribution in [0.4, 0.5) is 8.78 Å². The van der Waals surface area contributed by atoms with Crippen LogP contribution < -0.4 is 5.32 Å². The molecule has 0 fully saturated rings. The van der Waals surface area contributed by atoms with Crippen molar-refractivity contribution in [2.45, 2.75) is 39.3 Å². The molecule has 0 bridgehead atoms. The zero-order valence-corrected chi connectivity index (χ0v) is 11.3. The van der Waals surface area contributed by atoms with E-state index in [1.807, 2.05) is 13.8 Å². The molecule has 1 rings (SSSR count). The lowest BCUT2D eigenvalue weighted by atomic mass is 10.0. The molecule has 1 aromatic rings. The standard InChI is InChI=1S/C14H19F2NO2/c1-4-19-14(18)12(17-9(2)3)10-5-7-11(8-6-10)13(15)16/h5-9,12-13,17H,4H2,1-3H3. The van der Waals surface area contributed by atoms with Crippen LogP contribution in [0.5, 0.6) is 0 Å². The largest absolute Gasteiger partial charge is 0.465 e. The lowest BCUT2D eigenvalue weighted by Gasteiger charge is -2.20. The number of hydrogen-bond donors (Lipinski definition) is 1. The van der Waals surface area contributed by atoms with Crippen molar-refractivity contribution in [2.75, 3.05) is 6.61 Å². The van der Waals surface area contributed by atoms with Gasteiger partial charge in [0.05, 0.1) is 6.61 Å². The molecule has 1 atom stereocenters. The summed E-state index contributed by atoms with van der Waals surface area (Å²) in [6.45, 7) is 5.81. The number of carbonyl (C=O) groups excluding carboxylic acids is 1. The first-order valence-corrected chi connectivity index (χ1v) is 6.26. The normalized spacial score (nSPS) is 12.8. The summed E-state index contributed by atoms with van der Waals surface area (Å²) in [5, 5.41) is 3.07. The highest BCUT2D eigenvalue weighted by atomic mass is 19.3. The molecule has 0 amide bonds. The van der Waals surface area contributed by atoms with Gasteiger partial charge in [-0.3, -0.25) is 5.32 Å². The molecule has 1 N–H and O–H groups in total. The van der Waals surface area contributed by atoms with Gasteiger partial charge in [-0.25, -0.2) is 13.6 Å². The van der Waals surface area contributed by atoms with E-state index in [9.17, 15) is 13.6 Å². The van der Waals surface area contributed by atoms with Crippen LogP contribution >= 0.6 is 0 Å². The van der Waals surface area contributed by atoms with Gasteiger partial charge in [0.15, 0.2) is 0 Å². The fraction of sp³-hybridized carbons (Fsp3) is 0.500. The number of benzene rings is 1. The van der Waals surface area contributed by atoms with Crippen LogP contribution in [0.1, 0.15) is 44.4 Å². The monoisotopic (exact) mass is 271 g/mol. The molecule has 0 aliphatic carbocycles. The summed E-state index contributed by atoms with van der Waals surface area (Å²) in [6, 6.07) is 5.15. The quantitative estimate of drug-likeness (QED) is 0.807. The molecule has 1 aromatic carbocycles. The number of alkyl halides is 2. The molecule has 3 nitrogen and oxygen atoms in total. The maximum absolute atomic E-state index is 12.5. The molecule has 0 aromatic heterocycles. The van der Waals surface area contributed by atoms with Crippen LogP contribution in [0.25, 0.3) is 0 Å². The van der Waals surface area contributed by atoms with Gasteiger partial charge >= 0.3 is 5.97 Å². The van der Waals surface area contributed by atoms with E-state index in [0.29, 0.717) is 5.56 Å². The van der Waals surface area contributed by atoms with E-state index in [-0.39, 0.29) is 18.2 Å². The first-order chi connectivity index (χ1) is 8.95. The second-order valence-corrected chi connectivity index (χ2v) is 4.47. The predicted octanol–water partition coefficient (Wildman–Crippen LogP) is 3.23. The number of rotatable bonds is 6. The molecular weight excluding hydrogens is 252 g/mol. The molecule has 106 valence electrons. The van der Waals surface area contributed by atoms with Crippen molar-refractivity contribution in [3.8, 4) is 0 Å². The Morgan fingerprint density at radius 3 is 2.16 bits per heavy atom. The van der Waals surface area contributed by atoms with Crippen LogP contribution in [0.2, 0.25) is 0 Å². The summed E-state index contributed by atoms with van der Waals surface area (Å²) in [4.78, 5) is 11.9. The number of nitrogens with one attached hydrogen (secondary N) is 1. The average molecular weight is 271 g/mol. The molecule has 0 heterocycles. The second kappa shape index (κ2) is 7.19. The van der Waals surface area contributed by atoms with E-state index in [1.165, 1.54) is 24.3 Å². The van der Waals surface area contributed by atoms with E-state index >= 15 is 0 Å². The minimum absolute atomic E-state index is 0.0593. The van der Waals surface area contributed by atoms with Crippen molar-refractivity contribution >= 4 is 5.97 Å². The third-order valence-electron chi connectivity index (χ3n) is 2.54. The maximum atomic E-state index is 12.5. The van der Waals surface area contributed by atoms with Gasteiger partial charge in [-0.15, -0.1) is 0 Å². The SMILES string of the molecule is CCOC(=O)C(NC(C)C)c1ccc(C(F)F)cc1. The highest BCUT2D eigenvalue weighted by Gasteiger charge is 2.22. The van der Waals surface area contributed by atoms with Crippen molar-refractivity contribution in [3.05, 3.63) is 35.4 Å². The van der Waals surface area contributed by atoms with Crippen molar-refractivity contribution in [1.29, 1.82) is 0 Å². The van der Waals surface area contributed by atoms with E-state index in [2.05, 4.69) is 5.32 Å². The molecule has 0 radical (unpaired) electrons. The minimum atomic E-state index is -2.51. The highest BCUT2D eigenvalue weighted by Crippen LogP contribution is 2.22. The van der Waals surface area contributed by atoms with Gasteiger partial charge < -0.3 is 4.74 Å². The highest BCUT2D eigenvalue weighted by molar-refractivity contribution is 5.77. The summed E-state index contributed by atoms with van der Waals surface area (Å²) in [5.74, 6) is -0.402. The van der Waals surface area contributed by atoms with Crippen LogP contribution in [0, 0.1) is 0 Å². The zero-order valence-electron chi connectivity index (χ0n) is 11.3. The Morgan fingerprint density at radius 2 is 1.74 bits per heavy atom. The predicted molar refractivity (Wildman–Crippen MR) is 69.0 cm³/mol. The Bertz CT molecular complexity index is 404. The first-order valence-electron chi connectivity index (χ1n) is 6.26. The number of ether oxygens (including phenoxy) is 1. The third kappa shape index (κ3) is 4.59. The summed E-state index contributed by atoms with van der Waals surface area (Å²) in [5.41, 5.74) is 0.562. The Morgan fingerprint density at radius 1 is 1.21 bits per heavy atom. The number of halogens is 2. The summed E-state index contributed by atoms with van der Waals surface area (Å²) in [7, 11) is 0. The van der Waals surface area contributed by atoms with Gasteiger partial charge in [-0.05, 0) is 26.3 Å². The van der Waals surface area contributed by atoms with Crippen molar-refractivity contribution in [1.82, 2.24) is 5.32 Å². The summed E-state index contributed by atoms with van der Waals surface area (Å²) in [6.07, 6.45) is -2.51. The molecule has 5 heteroatoms. The Hall–Kier alpha value is -1.49. The molecule has 1 unspecified atom stereocenters. The molecule has 0 saturated carbocycles. The molecule has 0 spiro atoms. The Balaban J connectivity index is 2.93. The number of hydrogen-bond acceptors (Lipinski definition) is 3. The van der Waals surface area contributed by atoms with Crippen molar-refractivity contribution in [3.63, 3.8) is 0 Å². The molecule has 0 aliphatic heterocycles. The van der Waals surface area contributed by atoms with Crippen LogP contribution in [-0.4, -0.2) is 18.6 Å². The Labute approximate surface area is 112 Å². The molecule has 0 aliphatic rings. The van der Waals surface area contributed by atoms with Gasteiger partial charge in [0, 0.05) is 11.6 Å². The fourth-order valence-corrected chi connectivity index (χ4v) is 1.69. The zero-order chi connectivity index (χ0) is 14.4. The lowest BCUT2D eigenvalue weighted by Crippen LogP contribution is -2.34. The lowest BCUT2D eigenvalue weighted by molar-refractivity contribution is -0.146. The van der Waals surface area contributed by atoms with Crippen molar-refractivity contribution < 1.29 is 18.3 Å². The van der Waals surface area contributed by atoms with E-state index in [1.54, 1.807) is 6.92 Å². The van der Waals surface area contributed by atoms with E-state index in [0.717, 1.165) is 0 Å². The van der Waals surface area contributed by atoms with Crippen molar-refractivity contribution in [2.24, 2.45) is 0 Å². The number of esters is 1. The van der Waals surface area contributed by atoms with Gasteiger partial charge in [-0.1, -0.05) is 24.3 Å². The van der Waals surface area contributed by atoms with Gasteiger partial charge in [-0.2, -0.15) is 0 Å². The maximum Gasteiger partial charge on any atom is 0.327 e. The van der Waals surface area contributed by atoms with Gasteiger partial charge in [0.2, 0.25) is 0 Å². The smallest absolute Gasteiger partial charge is 0.327 e. The van der Waals surface area contributed by atoms with Crippen LogP contribution in [-0.2, 0) is 9.53 Å². The van der Waals surface area contributed by atoms with Crippen LogP contribution in [0.15, 0.2) is 24.3 Å². The van der Waals surface area contributed by atoms with E-state index in [4.69, 9.17) is 4.74 Å². The van der Waals surface area contributed by atoms with Crippen LogP contribution in [0.3, 0.4) is 0 Å². The van der Waals surface area contributed by atoms with Gasteiger partial charge in [0.25, 0.3) is 6.43 Å². The first kappa shape index (κ1) is 15.6. The minimum Gasteiger partial charge on any atom is -0.465 e. The molecular formula is C14H19F2NO2. The average Bonchev–Trinajstić information content (AvgIpc) is 2.36. The second-order valence-electron chi connectivity index (χ2n) is 4.47. The summed E-state index contributed by atoms with van der Waals surface area (Å²) >= 11 is 0. The summed E-state index contributed by atoms with van der Waals surface area (Å²) < 4.78 is 30.0. The molecule has 19 heavy (non-hydrogen) atoms. The van der Waals surface area contributed by atoms with E-state index < -0.39 is 18.4 Å². The van der Waals surface area contributed by atoms with Gasteiger partial charge in [0.1, 0.15) is 6.04 Å². The fourth-order valence-electron chi connectivity index (χ4n) is 1.69. The topological polar surface area (TPSA) is 38.3 Å². The number of carbonyl (C=O) groups is 1. The molecule has 0 saturated heterocycles.